The van der Waals surface area contributed by atoms with Gasteiger partial charge in [0.1, 0.15) is 11.5 Å². The highest BCUT2D eigenvalue weighted by atomic mass is 16.5. The highest BCUT2D eigenvalue weighted by molar-refractivity contribution is 5.81. The van der Waals surface area contributed by atoms with Crippen LogP contribution in [0.3, 0.4) is 0 Å². The molecule has 1 aromatic rings. The molecule has 0 atom stereocenters. The van der Waals surface area contributed by atoms with Crippen LogP contribution in [0.2, 0.25) is 0 Å². The summed E-state index contributed by atoms with van der Waals surface area (Å²) in [6, 6.07) is 3.61. The fourth-order valence-electron chi connectivity index (χ4n) is 2.70. The second kappa shape index (κ2) is 5.21. The van der Waals surface area contributed by atoms with Crippen molar-refractivity contribution in [2.24, 2.45) is 0 Å². The van der Waals surface area contributed by atoms with Crippen LogP contribution < -0.4 is 9.47 Å². The Labute approximate surface area is 102 Å². The molecule has 1 aliphatic rings. The van der Waals surface area contributed by atoms with E-state index in [1.165, 1.54) is 12.8 Å². The maximum absolute atomic E-state index is 11.0. The van der Waals surface area contributed by atoms with Crippen molar-refractivity contribution in [3.8, 4) is 11.5 Å². The summed E-state index contributed by atoms with van der Waals surface area (Å²) in [7, 11) is 3.27. The van der Waals surface area contributed by atoms with E-state index in [4.69, 9.17) is 9.47 Å². The molecular formula is C14H18O3. The third kappa shape index (κ3) is 2.14. The van der Waals surface area contributed by atoms with E-state index in [1.807, 2.05) is 6.07 Å². The average Bonchev–Trinajstić information content (AvgIpc) is 2.90. The predicted octanol–water partition coefficient (Wildman–Crippen LogP) is 3.17. The van der Waals surface area contributed by atoms with Crippen molar-refractivity contribution in [2.75, 3.05) is 14.2 Å². The number of aldehydes is 1. The molecule has 0 bridgehead atoms. The first-order chi connectivity index (χ1) is 8.31. The number of methoxy groups -OCH3 is 2. The summed E-state index contributed by atoms with van der Waals surface area (Å²) in [5, 5.41) is 0. The fourth-order valence-corrected chi connectivity index (χ4v) is 2.70. The standard InChI is InChI=1S/C14H18O3/c1-16-12-8-7-11(9-15)14(17-2)13(12)10-5-3-4-6-10/h7-10H,3-6H2,1-2H3. The van der Waals surface area contributed by atoms with Crippen LogP contribution in [0.15, 0.2) is 12.1 Å². The molecule has 2 rings (SSSR count). The van der Waals surface area contributed by atoms with Gasteiger partial charge in [-0.25, -0.2) is 0 Å². The van der Waals surface area contributed by atoms with Gasteiger partial charge in [0.25, 0.3) is 0 Å². The number of benzene rings is 1. The van der Waals surface area contributed by atoms with Crippen molar-refractivity contribution in [2.45, 2.75) is 31.6 Å². The van der Waals surface area contributed by atoms with Gasteiger partial charge in [0.15, 0.2) is 6.29 Å². The lowest BCUT2D eigenvalue weighted by atomic mass is 9.93. The van der Waals surface area contributed by atoms with Gasteiger partial charge >= 0.3 is 0 Å². The van der Waals surface area contributed by atoms with Gasteiger partial charge in [-0.15, -0.1) is 0 Å². The lowest BCUT2D eigenvalue weighted by molar-refractivity contribution is 0.112. The fraction of sp³-hybridized carbons (Fsp3) is 0.500. The highest BCUT2D eigenvalue weighted by Crippen LogP contribution is 2.44. The average molecular weight is 234 g/mol. The molecule has 1 aromatic carbocycles. The summed E-state index contributed by atoms with van der Waals surface area (Å²) in [4.78, 5) is 11.0. The summed E-state index contributed by atoms with van der Waals surface area (Å²) in [6.45, 7) is 0. The molecule has 1 aliphatic carbocycles. The first-order valence-electron chi connectivity index (χ1n) is 6.01. The van der Waals surface area contributed by atoms with Crippen LogP contribution in [0.4, 0.5) is 0 Å². The quantitative estimate of drug-likeness (QED) is 0.751. The summed E-state index contributed by atoms with van der Waals surface area (Å²) in [5.74, 6) is 1.98. The largest absolute Gasteiger partial charge is 0.496 e. The molecule has 0 saturated heterocycles. The highest BCUT2D eigenvalue weighted by Gasteiger charge is 2.25. The lowest BCUT2D eigenvalue weighted by Crippen LogP contribution is -2.03. The molecule has 3 heteroatoms. The van der Waals surface area contributed by atoms with Crippen molar-refractivity contribution in [3.63, 3.8) is 0 Å². The minimum Gasteiger partial charge on any atom is -0.496 e. The van der Waals surface area contributed by atoms with Crippen molar-refractivity contribution >= 4 is 6.29 Å². The Morgan fingerprint density at radius 3 is 2.41 bits per heavy atom. The van der Waals surface area contributed by atoms with Gasteiger partial charge < -0.3 is 9.47 Å². The summed E-state index contributed by atoms with van der Waals surface area (Å²) in [5.41, 5.74) is 1.67. The molecule has 0 spiro atoms. The predicted molar refractivity (Wildman–Crippen MR) is 66.1 cm³/mol. The molecule has 0 aliphatic heterocycles. The van der Waals surface area contributed by atoms with E-state index in [2.05, 4.69) is 0 Å². The lowest BCUT2D eigenvalue weighted by Gasteiger charge is -2.19. The molecule has 0 radical (unpaired) electrons. The molecule has 0 aromatic heterocycles. The van der Waals surface area contributed by atoms with Gasteiger partial charge in [0, 0.05) is 5.56 Å². The second-order valence-corrected chi connectivity index (χ2v) is 4.40. The second-order valence-electron chi connectivity index (χ2n) is 4.40. The van der Waals surface area contributed by atoms with Crippen LogP contribution in [-0.4, -0.2) is 20.5 Å². The Morgan fingerprint density at radius 2 is 1.88 bits per heavy atom. The molecule has 0 heterocycles. The van der Waals surface area contributed by atoms with Gasteiger partial charge in [-0.2, -0.15) is 0 Å². The summed E-state index contributed by atoms with van der Waals surface area (Å²) in [6.07, 6.45) is 5.62. The van der Waals surface area contributed by atoms with Gasteiger partial charge in [0.05, 0.1) is 19.8 Å². The SMILES string of the molecule is COc1ccc(C=O)c(OC)c1C1CCCC1. The molecule has 0 N–H and O–H groups in total. The Morgan fingerprint density at radius 1 is 1.18 bits per heavy atom. The Hall–Kier alpha value is -1.51. The first-order valence-corrected chi connectivity index (χ1v) is 6.01. The zero-order valence-electron chi connectivity index (χ0n) is 10.4. The number of ether oxygens (including phenoxy) is 2. The number of hydrogen-bond donors (Lipinski definition) is 0. The van der Waals surface area contributed by atoms with E-state index in [-0.39, 0.29) is 0 Å². The maximum Gasteiger partial charge on any atom is 0.153 e. The van der Waals surface area contributed by atoms with Crippen LogP contribution >= 0.6 is 0 Å². The van der Waals surface area contributed by atoms with Gasteiger partial charge in [-0.05, 0) is 30.9 Å². The van der Waals surface area contributed by atoms with E-state index in [0.717, 1.165) is 30.4 Å². The number of carbonyl (C=O) groups excluding carboxylic acids is 1. The van der Waals surface area contributed by atoms with Crippen LogP contribution in [0, 0.1) is 0 Å². The van der Waals surface area contributed by atoms with Crippen molar-refractivity contribution in [3.05, 3.63) is 23.3 Å². The Kier molecular flexibility index (Phi) is 3.67. The molecule has 3 nitrogen and oxygen atoms in total. The van der Waals surface area contributed by atoms with Gasteiger partial charge in [-0.1, -0.05) is 12.8 Å². The topological polar surface area (TPSA) is 35.5 Å². The third-order valence-corrected chi connectivity index (χ3v) is 3.50. The number of hydrogen-bond acceptors (Lipinski definition) is 3. The summed E-state index contributed by atoms with van der Waals surface area (Å²) >= 11 is 0. The first kappa shape index (κ1) is 12.0. The number of carbonyl (C=O) groups is 1. The zero-order valence-corrected chi connectivity index (χ0v) is 10.4. The molecule has 0 unspecified atom stereocenters. The Bertz CT molecular complexity index is 406. The minimum absolute atomic E-state index is 0.458. The van der Waals surface area contributed by atoms with E-state index < -0.39 is 0 Å². The van der Waals surface area contributed by atoms with E-state index in [0.29, 0.717) is 17.2 Å². The molecule has 92 valence electrons. The number of rotatable bonds is 4. The summed E-state index contributed by atoms with van der Waals surface area (Å²) < 4.78 is 10.8. The van der Waals surface area contributed by atoms with Crippen LogP contribution in [-0.2, 0) is 0 Å². The van der Waals surface area contributed by atoms with Crippen LogP contribution in [0.5, 0.6) is 11.5 Å². The molecular weight excluding hydrogens is 216 g/mol. The third-order valence-electron chi connectivity index (χ3n) is 3.50. The van der Waals surface area contributed by atoms with E-state index in [9.17, 15) is 4.79 Å². The normalized spacial score (nSPS) is 15.9. The maximum atomic E-state index is 11.0. The molecule has 1 saturated carbocycles. The smallest absolute Gasteiger partial charge is 0.153 e. The van der Waals surface area contributed by atoms with E-state index >= 15 is 0 Å². The Balaban J connectivity index is 2.53. The molecule has 0 amide bonds. The van der Waals surface area contributed by atoms with Crippen molar-refractivity contribution in [1.82, 2.24) is 0 Å². The monoisotopic (exact) mass is 234 g/mol. The van der Waals surface area contributed by atoms with Crippen molar-refractivity contribution < 1.29 is 14.3 Å². The minimum atomic E-state index is 0.458. The van der Waals surface area contributed by atoms with E-state index in [1.54, 1.807) is 20.3 Å². The molecule has 1 fully saturated rings. The molecule has 17 heavy (non-hydrogen) atoms. The van der Waals surface area contributed by atoms with Crippen LogP contribution in [0.25, 0.3) is 0 Å². The van der Waals surface area contributed by atoms with Crippen molar-refractivity contribution in [1.29, 1.82) is 0 Å². The van der Waals surface area contributed by atoms with Gasteiger partial charge in [0.2, 0.25) is 0 Å². The van der Waals surface area contributed by atoms with Crippen LogP contribution in [0.1, 0.15) is 47.5 Å². The zero-order chi connectivity index (χ0) is 12.3. The van der Waals surface area contributed by atoms with Gasteiger partial charge in [-0.3, -0.25) is 4.79 Å².